The van der Waals surface area contributed by atoms with E-state index in [1.54, 1.807) is 18.3 Å². The van der Waals surface area contributed by atoms with E-state index in [1.807, 2.05) is 31.4 Å². The predicted octanol–water partition coefficient (Wildman–Crippen LogP) is 4.03. The summed E-state index contributed by atoms with van der Waals surface area (Å²) in [5.74, 6) is 0.652. The summed E-state index contributed by atoms with van der Waals surface area (Å²) in [6, 6.07) is 6.68. The monoisotopic (exact) mass is 539 g/mol. The first-order valence-corrected chi connectivity index (χ1v) is 14.2. The second-order valence-electron chi connectivity index (χ2n) is 10.7. The molecule has 0 amide bonds. The summed E-state index contributed by atoms with van der Waals surface area (Å²) >= 11 is 0. The highest BCUT2D eigenvalue weighted by Crippen LogP contribution is 2.42. The SMILES string of the molecule is Cc1nc2c(F)cc(-c3nc(Nc4ccc(CN5CC6(C5)CS(=O)(=O)C6)cn4)ncc3F)cc2n1C(C)C. The molecule has 9 nitrogen and oxygen atoms in total. The van der Waals surface area contributed by atoms with E-state index in [9.17, 15) is 17.2 Å². The summed E-state index contributed by atoms with van der Waals surface area (Å²) in [7, 11) is -2.83. The third kappa shape index (κ3) is 4.41. The number of nitrogens with one attached hydrogen (secondary N) is 1. The first kappa shape index (κ1) is 24.8. The van der Waals surface area contributed by atoms with Gasteiger partial charge in [0.05, 0.1) is 23.2 Å². The summed E-state index contributed by atoms with van der Waals surface area (Å²) < 4.78 is 54.6. The van der Waals surface area contributed by atoms with Crippen molar-refractivity contribution in [3.63, 3.8) is 0 Å². The number of pyridine rings is 1. The van der Waals surface area contributed by atoms with Gasteiger partial charge in [0, 0.05) is 42.9 Å². The van der Waals surface area contributed by atoms with Gasteiger partial charge in [-0.1, -0.05) is 6.07 Å². The number of halogens is 2. The van der Waals surface area contributed by atoms with Crippen LogP contribution in [0.25, 0.3) is 22.3 Å². The van der Waals surface area contributed by atoms with Crippen LogP contribution in [0.1, 0.15) is 31.3 Å². The van der Waals surface area contributed by atoms with Gasteiger partial charge in [-0.05, 0) is 44.5 Å². The molecule has 0 saturated carbocycles. The number of aryl methyl sites for hydroxylation is 1. The van der Waals surface area contributed by atoms with Crippen LogP contribution in [0.4, 0.5) is 20.5 Å². The first-order chi connectivity index (χ1) is 18.0. The quantitative estimate of drug-likeness (QED) is 0.392. The Morgan fingerprint density at radius 2 is 1.82 bits per heavy atom. The highest BCUT2D eigenvalue weighted by atomic mass is 32.2. The van der Waals surface area contributed by atoms with E-state index < -0.39 is 21.5 Å². The molecule has 1 aromatic carbocycles. The van der Waals surface area contributed by atoms with Crippen molar-refractivity contribution in [2.24, 2.45) is 5.41 Å². The minimum Gasteiger partial charge on any atom is -0.326 e. The van der Waals surface area contributed by atoms with Gasteiger partial charge in [-0.15, -0.1) is 0 Å². The van der Waals surface area contributed by atoms with Crippen LogP contribution in [0.5, 0.6) is 0 Å². The number of likely N-dealkylation sites (tertiary alicyclic amines) is 1. The molecule has 5 heterocycles. The molecular formula is C26H27F2N7O2S. The number of anilines is 2. The van der Waals surface area contributed by atoms with Crippen LogP contribution in [-0.4, -0.2) is 62.4 Å². The number of hydrogen-bond donors (Lipinski definition) is 1. The van der Waals surface area contributed by atoms with Crippen molar-refractivity contribution in [2.75, 3.05) is 29.9 Å². The van der Waals surface area contributed by atoms with E-state index in [1.165, 1.54) is 6.07 Å². The molecule has 2 saturated heterocycles. The Labute approximate surface area is 218 Å². The number of rotatable bonds is 6. The van der Waals surface area contributed by atoms with Crippen molar-refractivity contribution >= 4 is 32.6 Å². The molecule has 2 aliphatic rings. The largest absolute Gasteiger partial charge is 0.326 e. The zero-order chi connectivity index (χ0) is 26.8. The Hall–Kier alpha value is -3.51. The minimum absolute atomic E-state index is 0.0289. The van der Waals surface area contributed by atoms with E-state index in [2.05, 4.69) is 30.2 Å². The second-order valence-corrected chi connectivity index (χ2v) is 12.8. The molecule has 4 aromatic rings. The maximum absolute atomic E-state index is 14.9. The van der Waals surface area contributed by atoms with Crippen LogP contribution in [0.3, 0.4) is 0 Å². The van der Waals surface area contributed by atoms with Crippen molar-refractivity contribution in [1.82, 2.24) is 29.4 Å². The van der Waals surface area contributed by atoms with Crippen molar-refractivity contribution in [2.45, 2.75) is 33.4 Å². The average Bonchev–Trinajstić information content (AvgIpc) is 3.16. The third-order valence-corrected chi connectivity index (χ3v) is 9.20. The van der Waals surface area contributed by atoms with Gasteiger partial charge in [0.1, 0.15) is 22.9 Å². The van der Waals surface area contributed by atoms with Gasteiger partial charge < -0.3 is 9.88 Å². The van der Waals surface area contributed by atoms with Gasteiger partial charge in [-0.25, -0.2) is 37.1 Å². The Kier molecular flexibility index (Phi) is 5.72. The normalized spacial score (nSPS) is 18.1. The van der Waals surface area contributed by atoms with E-state index in [0.717, 1.165) is 24.8 Å². The topological polar surface area (TPSA) is 106 Å². The number of aromatic nitrogens is 5. The van der Waals surface area contributed by atoms with Crippen LogP contribution in [0.2, 0.25) is 0 Å². The number of hydrogen-bond acceptors (Lipinski definition) is 8. The molecule has 1 N–H and O–H groups in total. The van der Waals surface area contributed by atoms with Gasteiger partial charge in [-0.3, -0.25) is 4.90 Å². The lowest BCUT2D eigenvalue weighted by atomic mass is 9.82. The standard InChI is InChI=1S/C26H27F2N7O2S/c1-15(2)35-16(3)31-24-19(27)6-18(7-21(24)35)23-20(28)9-30-25(33-23)32-22-5-4-17(8-29-22)10-34-11-26(12-34)13-38(36,37)14-26/h4-9,15H,10-14H2,1-3H3,(H,29,30,32,33). The predicted molar refractivity (Wildman–Crippen MR) is 140 cm³/mol. The third-order valence-electron chi connectivity index (χ3n) is 7.10. The molecule has 198 valence electrons. The van der Waals surface area contributed by atoms with Crippen LogP contribution < -0.4 is 5.32 Å². The van der Waals surface area contributed by atoms with E-state index in [4.69, 9.17) is 0 Å². The van der Waals surface area contributed by atoms with Crippen molar-refractivity contribution < 1.29 is 17.2 Å². The van der Waals surface area contributed by atoms with Crippen LogP contribution in [0, 0.1) is 24.0 Å². The van der Waals surface area contributed by atoms with Gasteiger partial charge in [0.2, 0.25) is 5.95 Å². The lowest BCUT2D eigenvalue weighted by Gasteiger charge is -2.54. The van der Waals surface area contributed by atoms with Crippen LogP contribution >= 0.6 is 0 Å². The first-order valence-electron chi connectivity index (χ1n) is 12.4. The zero-order valence-electron chi connectivity index (χ0n) is 21.2. The Balaban J connectivity index is 1.18. The molecule has 2 fully saturated rings. The van der Waals surface area contributed by atoms with Crippen molar-refractivity contribution in [3.05, 3.63) is 59.7 Å². The molecule has 0 bridgehead atoms. The number of nitrogens with zero attached hydrogens (tertiary/aromatic N) is 6. The lowest BCUT2D eigenvalue weighted by molar-refractivity contribution is 0.0180. The summed E-state index contributed by atoms with van der Waals surface area (Å²) in [5, 5.41) is 2.98. The molecule has 0 radical (unpaired) electrons. The van der Waals surface area contributed by atoms with Crippen molar-refractivity contribution in [1.29, 1.82) is 0 Å². The number of sulfone groups is 1. The Morgan fingerprint density at radius 1 is 1.05 bits per heavy atom. The number of imidazole rings is 1. The highest BCUT2D eigenvalue weighted by Gasteiger charge is 2.55. The molecule has 0 atom stereocenters. The smallest absolute Gasteiger partial charge is 0.229 e. The molecule has 38 heavy (non-hydrogen) atoms. The van der Waals surface area contributed by atoms with E-state index in [-0.39, 0.29) is 34.2 Å². The van der Waals surface area contributed by atoms with Crippen LogP contribution in [0.15, 0.2) is 36.7 Å². The highest BCUT2D eigenvalue weighted by molar-refractivity contribution is 7.92. The summed E-state index contributed by atoms with van der Waals surface area (Å²) in [4.78, 5) is 19.3. The Bertz CT molecular complexity index is 1650. The fourth-order valence-electron chi connectivity index (χ4n) is 5.74. The second kappa shape index (κ2) is 8.77. The molecule has 12 heteroatoms. The molecule has 0 aliphatic carbocycles. The minimum atomic E-state index is -2.83. The molecule has 6 rings (SSSR count). The van der Waals surface area contributed by atoms with Gasteiger partial charge in [-0.2, -0.15) is 0 Å². The maximum atomic E-state index is 14.9. The Morgan fingerprint density at radius 3 is 2.47 bits per heavy atom. The van der Waals surface area contributed by atoms with Gasteiger partial charge in [0.25, 0.3) is 0 Å². The molecule has 3 aromatic heterocycles. The molecule has 2 aliphatic heterocycles. The summed E-state index contributed by atoms with van der Waals surface area (Å²) in [6.45, 7) is 8.01. The summed E-state index contributed by atoms with van der Waals surface area (Å²) in [5.41, 5.74) is 2.02. The van der Waals surface area contributed by atoms with Crippen LogP contribution in [-0.2, 0) is 16.4 Å². The fourth-order valence-corrected chi connectivity index (χ4v) is 7.89. The van der Waals surface area contributed by atoms with Gasteiger partial charge in [0.15, 0.2) is 21.5 Å². The van der Waals surface area contributed by atoms with E-state index in [0.29, 0.717) is 35.2 Å². The molecule has 1 spiro atoms. The number of benzene rings is 1. The fraction of sp³-hybridized carbons (Fsp3) is 0.385. The average molecular weight is 540 g/mol. The lowest BCUT2D eigenvalue weighted by Crippen LogP contribution is -2.67. The zero-order valence-corrected chi connectivity index (χ0v) is 22.1. The van der Waals surface area contributed by atoms with Gasteiger partial charge >= 0.3 is 0 Å². The number of fused-ring (bicyclic) bond motifs is 1. The maximum Gasteiger partial charge on any atom is 0.229 e. The van der Waals surface area contributed by atoms with E-state index >= 15 is 0 Å². The molecule has 0 unspecified atom stereocenters. The summed E-state index contributed by atoms with van der Waals surface area (Å²) in [6.07, 6.45) is 2.78. The molecular weight excluding hydrogens is 512 g/mol. The van der Waals surface area contributed by atoms with Crippen molar-refractivity contribution in [3.8, 4) is 11.3 Å².